The molecule has 0 aliphatic rings. The van der Waals surface area contributed by atoms with E-state index in [-0.39, 0.29) is 0 Å². The average molecular weight is 208 g/mol. The van der Waals surface area contributed by atoms with Gasteiger partial charge >= 0.3 is 0 Å². The summed E-state index contributed by atoms with van der Waals surface area (Å²) in [6.07, 6.45) is 0.816. The Labute approximate surface area is 91.8 Å². The van der Waals surface area contributed by atoms with Crippen LogP contribution in [0.5, 0.6) is 0 Å². The Hall–Kier alpha value is -2.29. The van der Waals surface area contributed by atoms with Crippen molar-refractivity contribution in [2.75, 3.05) is 0 Å². The maximum absolute atomic E-state index is 10.7. The van der Waals surface area contributed by atoms with Crippen molar-refractivity contribution < 1.29 is 4.79 Å². The van der Waals surface area contributed by atoms with E-state index in [1.165, 1.54) is 0 Å². The third-order valence-corrected chi connectivity index (χ3v) is 2.50. The third kappa shape index (κ3) is 1.34. The SMILES string of the molecule is O=Cc1ccc2nc3ccccc3nc2c1. The molecule has 0 radical (unpaired) electrons. The number of aromatic nitrogens is 2. The topological polar surface area (TPSA) is 42.9 Å². The molecule has 0 amide bonds. The van der Waals surface area contributed by atoms with Crippen molar-refractivity contribution in [3.05, 3.63) is 48.0 Å². The molecule has 1 heterocycles. The van der Waals surface area contributed by atoms with Crippen molar-refractivity contribution >= 4 is 28.4 Å². The highest BCUT2D eigenvalue weighted by molar-refractivity contribution is 5.89. The average Bonchev–Trinajstić information content (AvgIpc) is 2.35. The van der Waals surface area contributed by atoms with Gasteiger partial charge in [0.25, 0.3) is 0 Å². The van der Waals surface area contributed by atoms with Crippen LogP contribution in [0.4, 0.5) is 0 Å². The normalized spacial score (nSPS) is 10.8. The number of carbonyl (C=O) groups excluding carboxylic acids is 1. The van der Waals surface area contributed by atoms with Crippen LogP contribution in [0.3, 0.4) is 0 Å². The summed E-state index contributed by atoms with van der Waals surface area (Å²) in [5.41, 5.74) is 3.90. The van der Waals surface area contributed by atoms with Crippen LogP contribution >= 0.6 is 0 Å². The van der Waals surface area contributed by atoms with E-state index in [9.17, 15) is 4.79 Å². The van der Waals surface area contributed by atoms with Crippen LogP contribution in [0.1, 0.15) is 10.4 Å². The molecule has 16 heavy (non-hydrogen) atoms. The number of hydrogen-bond acceptors (Lipinski definition) is 3. The zero-order valence-electron chi connectivity index (χ0n) is 8.42. The molecular weight excluding hydrogens is 200 g/mol. The minimum atomic E-state index is 0.622. The molecule has 0 fully saturated rings. The Morgan fingerprint density at radius 3 is 2.12 bits per heavy atom. The number of hydrogen-bond donors (Lipinski definition) is 0. The van der Waals surface area contributed by atoms with Gasteiger partial charge in [-0.05, 0) is 30.3 Å². The lowest BCUT2D eigenvalue weighted by atomic mass is 10.2. The van der Waals surface area contributed by atoms with E-state index in [0.29, 0.717) is 5.56 Å². The Morgan fingerprint density at radius 2 is 1.44 bits per heavy atom. The van der Waals surface area contributed by atoms with Gasteiger partial charge in [0.05, 0.1) is 22.1 Å². The van der Waals surface area contributed by atoms with Gasteiger partial charge in [-0.15, -0.1) is 0 Å². The summed E-state index contributed by atoms with van der Waals surface area (Å²) in [6.45, 7) is 0. The second-order valence-corrected chi connectivity index (χ2v) is 3.58. The van der Waals surface area contributed by atoms with Crippen LogP contribution in [0.15, 0.2) is 42.5 Å². The van der Waals surface area contributed by atoms with Crippen LogP contribution < -0.4 is 0 Å². The molecule has 0 unspecified atom stereocenters. The minimum absolute atomic E-state index is 0.622. The van der Waals surface area contributed by atoms with Crippen molar-refractivity contribution in [2.45, 2.75) is 0 Å². The highest BCUT2D eigenvalue weighted by Crippen LogP contribution is 2.16. The quantitative estimate of drug-likeness (QED) is 0.456. The molecule has 0 saturated heterocycles. The lowest BCUT2D eigenvalue weighted by Gasteiger charge is -2.00. The number of aldehydes is 1. The van der Waals surface area contributed by atoms with Crippen molar-refractivity contribution in [3.63, 3.8) is 0 Å². The van der Waals surface area contributed by atoms with E-state index in [4.69, 9.17) is 0 Å². The van der Waals surface area contributed by atoms with E-state index in [1.54, 1.807) is 12.1 Å². The number of fused-ring (bicyclic) bond motifs is 2. The van der Waals surface area contributed by atoms with E-state index >= 15 is 0 Å². The number of para-hydroxylation sites is 2. The van der Waals surface area contributed by atoms with Crippen LogP contribution in [-0.2, 0) is 0 Å². The minimum Gasteiger partial charge on any atom is -0.298 e. The fourth-order valence-electron chi connectivity index (χ4n) is 1.71. The summed E-state index contributed by atoms with van der Waals surface area (Å²) >= 11 is 0. The fourth-order valence-corrected chi connectivity index (χ4v) is 1.71. The monoisotopic (exact) mass is 208 g/mol. The van der Waals surface area contributed by atoms with Crippen LogP contribution in [-0.4, -0.2) is 16.3 Å². The van der Waals surface area contributed by atoms with Crippen LogP contribution in [0, 0.1) is 0 Å². The van der Waals surface area contributed by atoms with Gasteiger partial charge in [-0.3, -0.25) is 4.79 Å². The van der Waals surface area contributed by atoms with Gasteiger partial charge in [-0.2, -0.15) is 0 Å². The van der Waals surface area contributed by atoms with Gasteiger partial charge < -0.3 is 0 Å². The zero-order valence-corrected chi connectivity index (χ0v) is 8.42. The Balaban J connectivity index is 2.41. The molecule has 0 atom stereocenters. The molecule has 0 spiro atoms. The highest BCUT2D eigenvalue weighted by atomic mass is 16.1. The molecule has 0 aliphatic heterocycles. The van der Waals surface area contributed by atoms with Crippen LogP contribution in [0.2, 0.25) is 0 Å². The maximum atomic E-state index is 10.7. The second-order valence-electron chi connectivity index (χ2n) is 3.58. The molecule has 2 aromatic carbocycles. The first kappa shape index (κ1) is 8.97. The van der Waals surface area contributed by atoms with Gasteiger partial charge in [-0.25, -0.2) is 9.97 Å². The number of nitrogens with zero attached hydrogens (tertiary/aromatic N) is 2. The van der Waals surface area contributed by atoms with Gasteiger partial charge in [0, 0.05) is 5.56 Å². The summed E-state index contributed by atoms with van der Waals surface area (Å²) in [4.78, 5) is 19.6. The summed E-state index contributed by atoms with van der Waals surface area (Å²) < 4.78 is 0. The molecule has 0 N–H and O–H groups in total. The predicted octanol–water partition coefficient (Wildman–Crippen LogP) is 2.60. The molecule has 0 saturated carbocycles. The molecule has 3 aromatic rings. The predicted molar refractivity (Wildman–Crippen MR) is 62.4 cm³/mol. The van der Waals surface area contributed by atoms with E-state index in [0.717, 1.165) is 28.4 Å². The Kier molecular flexibility index (Phi) is 1.90. The summed E-state index contributed by atoms with van der Waals surface area (Å²) in [5.74, 6) is 0. The number of rotatable bonds is 1. The van der Waals surface area contributed by atoms with Crippen LogP contribution in [0.25, 0.3) is 22.1 Å². The largest absolute Gasteiger partial charge is 0.298 e. The molecule has 3 heteroatoms. The Bertz CT molecular complexity index is 692. The molecule has 1 aromatic heterocycles. The lowest BCUT2D eigenvalue weighted by Crippen LogP contribution is -1.88. The van der Waals surface area contributed by atoms with Crippen molar-refractivity contribution in [2.24, 2.45) is 0 Å². The maximum Gasteiger partial charge on any atom is 0.150 e. The van der Waals surface area contributed by atoms with E-state index in [2.05, 4.69) is 9.97 Å². The number of benzene rings is 2. The second kappa shape index (κ2) is 3.38. The molecule has 3 rings (SSSR count). The molecule has 0 aliphatic carbocycles. The first-order valence-corrected chi connectivity index (χ1v) is 4.98. The first-order chi connectivity index (χ1) is 7.86. The van der Waals surface area contributed by atoms with Gasteiger partial charge in [0.15, 0.2) is 0 Å². The summed E-state index contributed by atoms with van der Waals surface area (Å²) in [7, 11) is 0. The lowest BCUT2D eigenvalue weighted by molar-refractivity contribution is 0.112. The van der Waals surface area contributed by atoms with Gasteiger partial charge in [0.1, 0.15) is 6.29 Å². The highest BCUT2D eigenvalue weighted by Gasteiger charge is 2.01. The standard InChI is InChI=1S/C13H8N2O/c16-8-9-5-6-12-13(7-9)15-11-4-2-1-3-10(11)14-12/h1-8H. The summed E-state index contributed by atoms with van der Waals surface area (Å²) in [5, 5.41) is 0. The van der Waals surface area contributed by atoms with E-state index < -0.39 is 0 Å². The summed E-state index contributed by atoms with van der Waals surface area (Å²) in [6, 6.07) is 13.0. The molecular formula is C13H8N2O. The van der Waals surface area contributed by atoms with Gasteiger partial charge in [-0.1, -0.05) is 12.1 Å². The van der Waals surface area contributed by atoms with Gasteiger partial charge in [0.2, 0.25) is 0 Å². The molecule has 0 bridgehead atoms. The smallest absolute Gasteiger partial charge is 0.150 e. The van der Waals surface area contributed by atoms with E-state index in [1.807, 2.05) is 30.3 Å². The number of carbonyl (C=O) groups is 1. The Morgan fingerprint density at radius 1 is 0.812 bits per heavy atom. The zero-order chi connectivity index (χ0) is 11.0. The van der Waals surface area contributed by atoms with Crippen molar-refractivity contribution in [3.8, 4) is 0 Å². The molecule has 3 nitrogen and oxygen atoms in total. The fraction of sp³-hybridized carbons (Fsp3) is 0. The molecule has 76 valence electrons. The van der Waals surface area contributed by atoms with Crippen molar-refractivity contribution in [1.82, 2.24) is 9.97 Å². The van der Waals surface area contributed by atoms with Crippen molar-refractivity contribution in [1.29, 1.82) is 0 Å². The first-order valence-electron chi connectivity index (χ1n) is 4.98. The third-order valence-electron chi connectivity index (χ3n) is 2.50.